The quantitative estimate of drug-likeness (QED) is 0.721. The molecule has 2 aliphatic heterocycles. The van der Waals surface area contributed by atoms with Crippen LogP contribution >= 0.6 is 11.8 Å². The van der Waals surface area contributed by atoms with Crippen molar-refractivity contribution in [1.82, 2.24) is 4.90 Å². The maximum absolute atomic E-state index is 12.3. The highest BCUT2D eigenvalue weighted by Gasteiger charge is 2.41. The number of hydrogen-bond acceptors (Lipinski definition) is 3. The van der Waals surface area contributed by atoms with Crippen LogP contribution in [0.25, 0.3) is 0 Å². The number of ketones is 1. The fraction of sp³-hybridized carbons (Fsp3) is 0.917. The van der Waals surface area contributed by atoms with Gasteiger partial charge in [0.15, 0.2) is 5.78 Å². The number of thioether (sulfide) groups is 1. The topological polar surface area (TPSA) is 20.3 Å². The SMILES string of the molecule is CC(C)(C)C(=O)[C@H]1CCCN1C1CSC1. The third kappa shape index (κ3) is 2.23. The van der Waals surface area contributed by atoms with E-state index >= 15 is 0 Å². The first-order valence-electron chi connectivity index (χ1n) is 5.88. The van der Waals surface area contributed by atoms with E-state index in [0.717, 1.165) is 13.0 Å². The Labute approximate surface area is 96.8 Å². The van der Waals surface area contributed by atoms with Gasteiger partial charge in [-0.3, -0.25) is 9.69 Å². The lowest BCUT2D eigenvalue weighted by Crippen LogP contribution is -2.51. The van der Waals surface area contributed by atoms with Crippen LogP contribution in [0.5, 0.6) is 0 Å². The Bertz CT molecular complexity index is 255. The van der Waals surface area contributed by atoms with Gasteiger partial charge in [-0.05, 0) is 19.4 Å². The molecule has 0 aromatic heterocycles. The first-order valence-corrected chi connectivity index (χ1v) is 7.03. The maximum Gasteiger partial charge on any atom is 0.155 e. The Hall–Kier alpha value is -0.0200. The molecule has 0 unspecified atom stereocenters. The maximum atomic E-state index is 12.3. The molecule has 3 heteroatoms. The second kappa shape index (κ2) is 4.10. The Balaban J connectivity index is 2.04. The normalized spacial score (nSPS) is 29.1. The number of nitrogens with zero attached hydrogens (tertiary/aromatic N) is 1. The predicted octanol–water partition coefficient (Wildman–Crippen LogP) is 2.18. The molecule has 0 aliphatic carbocycles. The predicted molar refractivity (Wildman–Crippen MR) is 65.3 cm³/mol. The standard InChI is InChI=1S/C12H21NOS/c1-12(2,3)11(14)10-5-4-6-13(10)9-7-15-8-9/h9-10H,4-8H2,1-3H3/t10-/m1/s1. The summed E-state index contributed by atoms with van der Waals surface area (Å²) in [5, 5.41) is 0. The number of hydrogen-bond donors (Lipinski definition) is 0. The number of carbonyl (C=O) groups excluding carboxylic acids is 1. The summed E-state index contributed by atoms with van der Waals surface area (Å²) in [5.41, 5.74) is -0.176. The molecule has 15 heavy (non-hydrogen) atoms. The number of likely N-dealkylation sites (tertiary alicyclic amines) is 1. The van der Waals surface area contributed by atoms with Crippen LogP contribution in [0.3, 0.4) is 0 Å². The second-order valence-electron chi connectivity index (χ2n) is 5.70. The minimum absolute atomic E-state index is 0.176. The Kier molecular flexibility index (Phi) is 3.13. The summed E-state index contributed by atoms with van der Waals surface area (Å²) in [6.45, 7) is 7.27. The molecule has 2 rings (SSSR count). The van der Waals surface area contributed by atoms with Crippen LogP contribution in [0.15, 0.2) is 0 Å². The Morgan fingerprint density at radius 2 is 2.00 bits per heavy atom. The van der Waals surface area contributed by atoms with Gasteiger partial charge in [-0.2, -0.15) is 11.8 Å². The summed E-state index contributed by atoms with van der Waals surface area (Å²) in [5.74, 6) is 2.90. The molecule has 0 saturated carbocycles. The fourth-order valence-corrected chi connectivity index (χ4v) is 3.25. The third-order valence-electron chi connectivity index (χ3n) is 3.43. The molecule has 2 nitrogen and oxygen atoms in total. The molecule has 0 radical (unpaired) electrons. The van der Waals surface area contributed by atoms with Crippen LogP contribution in [0.1, 0.15) is 33.6 Å². The van der Waals surface area contributed by atoms with Gasteiger partial charge in [0.2, 0.25) is 0 Å². The van der Waals surface area contributed by atoms with Crippen LogP contribution in [-0.2, 0) is 4.79 Å². The van der Waals surface area contributed by atoms with Crippen molar-refractivity contribution < 1.29 is 4.79 Å². The number of Topliss-reactive ketones (excluding diaryl/α,β-unsaturated/α-hetero) is 1. The molecule has 2 saturated heterocycles. The molecule has 0 aromatic carbocycles. The highest BCUT2D eigenvalue weighted by molar-refractivity contribution is 8.00. The molecule has 0 spiro atoms. The summed E-state index contributed by atoms with van der Waals surface area (Å²) in [4.78, 5) is 14.7. The first kappa shape index (κ1) is 11.5. The molecular formula is C12H21NOS. The minimum Gasteiger partial charge on any atom is -0.297 e. The zero-order valence-electron chi connectivity index (χ0n) is 9.95. The van der Waals surface area contributed by atoms with Crippen molar-refractivity contribution in [2.75, 3.05) is 18.1 Å². The van der Waals surface area contributed by atoms with E-state index in [2.05, 4.69) is 4.90 Å². The van der Waals surface area contributed by atoms with Gasteiger partial charge in [0.1, 0.15) is 0 Å². The summed E-state index contributed by atoms with van der Waals surface area (Å²) in [7, 11) is 0. The lowest BCUT2D eigenvalue weighted by Gasteiger charge is -2.39. The molecule has 86 valence electrons. The van der Waals surface area contributed by atoms with Gasteiger partial charge in [0.25, 0.3) is 0 Å². The van der Waals surface area contributed by atoms with Crippen molar-refractivity contribution in [3.8, 4) is 0 Å². The highest BCUT2D eigenvalue weighted by Crippen LogP contribution is 2.33. The minimum atomic E-state index is -0.176. The van der Waals surface area contributed by atoms with E-state index in [9.17, 15) is 4.79 Å². The average molecular weight is 227 g/mol. The van der Waals surface area contributed by atoms with E-state index in [1.54, 1.807) is 0 Å². The van der Waals surface area contributed by atoms with Crippen LogP contribution < -0.4 is 0 Å². The molecule has 2 heterocycles. The van der Waals surface area contributed by atoms with Crippen LogP contribution in [-0.4, -0.2) is 40.8 Å². The smallest absolute Gasteiger partial charge is 0.155 e. The lowest BCUT2D eigenvalue weighted by atomic mass is 9.85. The van der Waals surface area contributed by atoms with E-state index in [-0.39, 0.29) is 11.5 Å². The Morgan fingerprint density at radius 3 is 2.47 bits per heavy atom. The zero-order chi connectivity index (χ0) is 11.1. The monoisotopic (exact) mass is 227 g/mol. The van der Waals surface area contributed by atoms with Gasteiger partial charge in [-0.1, -0.05) is 20.8 Å². The first-order chi connectivity index (χ1) is 7.00. The van der Waals surface area contributed by atoms with E-state index in [0.29, 0.717) is 11.8 Å². The van der Waals surface area contributed by atoms with Gasteiger partial charge < -0.3 is 0 Å². The van der Waals surface area contributed by atoms with E-state index in [1.807, 2.05) is 32.5 Å². The summed E-state index contributed by atoms with van der Waals surface area (Å²) < 4.78 is 0. The number of carbonyl (C=O) groups is 1. The third-order valence-corrected chi connectivity index (χ3v) is 4.67. The largest absolute Gasteiger partial charge is 0.297 e. The van der Waals surface area contributed by atoms with Crippen molar-refractivity contribution in [1.29, 1.82) is 0 Å². The van der Waals surface area contributed by atoms with Crippen molar-refractivity contribution in [2.45, 2.75) is 45.7 Å². The summed E-state index contributed by atoms with van der Waals surface area (Å²) in [6, 6.07) is 0.907. The fourth-order valence-electron chi connectivity index (χ4n) is 2.42. The van der Waals surface area contributed by atoms with Crippen LogP contribution in [0.2, 0.25) is 0 Å². The van der Waals surface area contributed by atoms with Gasteiger partial charge in [0, 0.05) is 23.0 Å². The van der Waals surface area contributed by atoms with E-state index in [1.165, 1.54) is 17.9 Å². The van der Waals surface area contributed by atoms with E-state index < -0.39 is 0 Å². The summed E-state index contributed by atoms with van der Waals surface area (Å²) in [6.07, 6.45) is 2.28. The molecule has 0 N–H and O–H groups in total. The van der Waals surface area contributed by atoms with E-state index in [4.69, 9.17) is 0 Å². The van der Waals surface area contributed by atoms with Crippen molar-refractivity contribution in [3.63, 3.8) is 0 Å². The van der Waals surface area contributed by atoms with Crippen LogP contribution in [0, 0.1) is 5.41 Å². The van der Waals surface area contributed by atoms with Gasteiger partial charge in [0.05, 0.1) is 6.04 Å². The van der Waals surface area contributed by atoms with Crippen molar-refractivity contribution in [3.05, 3.63) is 0 Å². The van der Waals surface area contributed by atoms with Crippen molar-refractivity contribution >= 4 is 17.5 Å². The molecule has 1 atom stereocenters. The van der Waals surface area contributed by atoms with Crippen LogP contribution in [0.4, 0.5) is 0 Å². The van der Waals surface area contributed by atoms with Gasteiger partial charge >= 0.3 is 0 Å². The molecule has 0 aromatic rings. The Morgan fingerprint density at radius 1 is 1.33 bits per heavy atom. The number of rotatable bonds is 2. The molecule has 0 amide bonds. The lowest BCUT2D eigenvalue weighted by molar-refractivity contribution is -0.131. The molecule has 0 bridgehead atoms. The average Bonchev–Trinajstić information content (AvgIpc) is 2.46. The molecule has 2 fully saturated rings. The zero-order valence-corrected chi connectivity index (χ0v) is 10.8. The van der Waals surface area contributed by atoms with Gasteiger partial charge in [-0.15, -0.1) is 0 Å². The summed E-state index contributed by atoms with van der Waals surface area (Å²) >= 11 is 2.00. The van der Waals surface area contributed by atoms with Crippen molar-refractivity contribution in [2.24, 2.45) is 5.41 Å². The molecule has 2 aliphatic rings. The van der Waals surface area contributed by atoms with Gasteiger partial charge in [-0.25, -0.2) is 0 Å². The second-order valence-corrected chi connectivity index (χ2v) is 6.78. The highest BCUT2D eigenvalue weighted by atomic mass is 32.2. The molecular weight excluding hydrogens is 206 g/mol.